The van der Waals surface area contributed by atoms with Crippen molar-refractivity contribution in [2.75, 3.05) is 5.32 Å². The highest BCUT2D eigenvalue weighted by atomic mass is 32.1. The third kappa shape index (κ3) is 2.99. The van der Waals surface area contributed by atoms with Gasteiger partial charge in [-0.3, -0.25) is 15.1 Å². The molecule has 0 unspecified atom stereocenters. The SMILES string of the molecule is CC(C)n1cc(C(=O)Nc2nc(-c3ccccn3)cs2)c2ccccc21. The first kappa shape index (κ1) is 16.5. The topological polar surface area (TPSA) is 59.8 Å². The van der Waals surface area contributed by atoms with Crippen LogP contribution in [0.25, 0.3) is 22.3 Å². The van der Waals surface area contributed by atoms with Gasteiger partial charge in [0.2, 0.25) is 0 Å². The van der Waals surface area contributed by atoms with Gasteiger partial charge in [0.15, 0.2) is 5.13 Å². The molecule has 0 fully saturated rings. The summed E-state index contributed by atoms with van der Waals surface area (Å²) in [5.74, 6) is -0.150. The van der Waals surface area contributed by atoms with Gasteiger partial charge >= 0.3 is 0 Å². The van der Waals surface area contributed by atoms with Crippen LogP contribution in [0, 0.1) is 0 Å². The number of benzene rings is 1. The number of fused-ring (bicyclic) bond motifs is 1. The summed E-state index contributed by atoms with van der Waals surface area (Å²) < 4.78 is 2.12. The fourth-order valence-corrected chi connectivity index (χ4v) is 3.64. The predicted molar refractivity (Wildman–Crippen MR) is 106 cm³/mol. The lowest BCUT2D eigenvalue weighted by molar-refractivity contribution is 0.102. The minimum atomic E-state index is -0.150. The van der Waals surface area contributed by atoms with Crippen LogP contribution in [0.3, 0.4) is 0 Å². The van der Waals surface area contributed by atoms with Gasteiger partial charge in [-0.25, -0.2) is 4.98 Å². The molecule has 3 heterocycles. The molecule has 1 N–H and O–H groups in total. The lowest BCUT2D eigenvalue weighted by Crippen LogP contribution is -2.11. The van der Waals surface area contributed by atoms with Crippen LogP contribution in [0.5, 0.6) is 0 Å². The Kier molecular flexibility index (Phi) is 4.26. The van der Waals surface area contributed by atoms with E-state index < -0.39 is 0 Å². The summed E-state index contributed by atoms with van der Waals surface area (Å²) in [6.07, 6.45) is 3.64. The number of pyridine rings is 1. The Bertz CT molecular complexity index is 1070. The zero-order valence-electron chi connectivity index (χ0n) is 14.5. The van der Waals surface area contributed by atoms with Gasteiger partial charge in [-0.15, -0.1) is 11.3 Å². The first-order valence-electron chi connectivity index (χ1n) is 8.41. The van der Waals surface area contributed by atoms with Crippen LogP contribution in [-0.4, -0.2) is 20.4 Å². The average molecular weight is 362 g/mol. The van der Waals surface area contributed by atoms with Gasteiger partial charge in [0.25, 0.3) is 5.91 Å². The number of nitrogens with zero attached hydrogens (tertiary/aromatic N) is 3. The number of carbonyl (C=O) groups is 1. The van der Waals surface area contributed by atoms with Crippen LogP contribution in [0.4, 0.5) is 5.13 Å². The second kappa shape index (κ2) is 6.72. The molecule has 6 heteroatoms. The molecule has 26 heavy (non-hydrogen) atoms. The number of rotatable bonds is 4. The highest BCUT2D eigenvalue weighted by Gasteiger charge is 2.17. The third-order valence-electron chi connectivity index (χ3n) is 4.19. The van der Waals surface area contributed by atoms with Crippen molar-refractivity contribution in [1.82, 2.24) is 14.5 Å². The molecule has 0 saturated heterocycles. The maximum absolute atomic E-state index is 12.8. The quantitative estimate of drug-likeness (QED) is 0.556. The van der Waals surface area contributed by atoms with Crippen LogP contribution < -0.4 is 5.32 Å². The second-order valence-electron chi connectivity index (χ2n) is 6.27. The summed E-state index contributed by atoms with van der Waals surface area (Å²) in [7, 11) is 0. The number of thiazole rings is 1. The summed E-state index contributed by atoms with van der Waals surface area (Å²) in [4.78, 5) is 21.6. The van der Waals surface area contributed by atoms with E-state index >= 15 is 0 Å². The maximum Gasteiger partial charge on any atom is 0.259 e. The standard InChI is InChI=1S/C20H18N4OS/c1-13(2)24-11-15(14-7-3-4-9-18(14)24)19(25)23-20-22-17(12-26-20)16-8-5-6-10-21-16/h3-13H,1-2H3,(H,22,23,25). The van der Waals surface area contributed by atoms with E-state index in [0.29, 0.717) is 10.7 Å². The molecule has 0 saturated carbocycles. The molecule has 4 rings (SSSR count). The van der Waals surface area contributed by atoms with Crippen molar-refractivity contribution in [2.45, 2.75) is 19.9 Å². The largest absolute Gasteiger partial charge is 0.344 e. The summed E-state index contributed by atoms with van der Waals surface area (Å²) in [5, 5.41) is 6.33. The maximum atomic E-state index is 12.8. The smallest absolute Gasteiger partial charge is 0.259 e. The molecule has 0 radical (unpaired) electrons. The lowest BCUT2D eigenvalue weighted by atomic mass is 10.1. The minimum absolute atomic E-state index is 0.150. The van der Waals surface area contributed by atoms with Crippen molar-refractivity contribution in [2.24, 2.45) is 0 Å². The van der Waals surface area contributed by atoms with E-state index in [4.69, 9.17) is 0 Å². The van der Waals surface area contributed by atoms with Crippen molar-refractivity contribution >= 4 is 33.3 Å². The van der Waals surface area contributed by atoms with Gasteiger partial charge in [-0.2, -0.15) is 0 Å². The molecule has 3 aromatic heterocycles. The predicted octanol–water partition coefficient (Wildman–Crippen LogP) is 4.99. The Balaban J connectivity index is 1.63. The molecular weight excluding hydrogens is 344 g/mol. The zero-order valence-corrected chi connectivity index (χ0v) is 15.3. The Labute approximate surface area is 155 Å². The first-order chi connectivity index (χ1) is 12.6. The van der Waals surface area contributed by atoms with Gasteiger partial charge in [-0.05, 0) is 32.0 Å². The van der Waals surface area contributed by atoms with Crippen molar-refractivity contribution in [3.63, 3.8) is 0 Å². The first-order valence-corrected chi connectivity index (χ1v) is 9.29. The second-order valence-corrected chi connectivity index (χ2v) is 7.13. The molecule has 0 spiro atoms. The zero-order chi connectivity index (χ0) is 18.1. The highest BCUT2D eigenvalue weighted by molar-refractivity contribution is 7.14. The van der Waals surface area contributed by atoms with E-state index in [9.17, 15) is 4.79 Å². The van der Waals surface area contributed by atoms with Gasteiger partial charge in [0, 0.05) is 34.7 Å². The average Bonchev–Trinajstić information content (AvgIpc) is 3.27. The number of para-hydroxylation sites is 1. The molecule has 0 aliphatic carbocycles. The summed E-state index contributed by atoms with van der Waals surface area (Å²) in [6.45, 7) is 4.21. The summed E-state index contributed by atoms with van der Waals surface area (Å²) >= 11 is 1.40. The molecule has 0 aliphatic rings. The highest BCUT2D eigenvalue weighted by Crippen LogP contribution is 2.27. The number of anilines is 1. The van der Waals surface area contributed by atoms with Gasteiger partial charge < -0.3 is 4.57 Å². The van der Waals surface area contributed by atoms with Gasteiger partial charge in [0.1, 0.15) is 5.69 Å². The number of hydrogen-bond acceptors (Lipinski definition) is 4. The van der Waals surface area contributed by atoms with E-state index in [1.807, 2.05) is 54.0 Å². The van der Waals surface area contributed by atoms with Crippen LogP contribution >= 0.6 is 11.3 Å². The number of nitrogens with one attached hydrogen (secondary N) is 1. The fourth-order valence-electron chi connectivity index (χ4n) is 2.94. The summed E-state index contributed by atoms with van der Waals surface area (Å²) in [6, 6.07) is 13.9. The molecule has 5 nitrogen and oxygen atoms in total. The number of carbonyl (C=O) groups excluding carboxylic acids is 1. The molecule has 1 aromatic carbocycles. The van der Waals surface area contributed by atoms with Crippen molar-refractivity contribution < 1.29 is 4.79 Å². The number of hydrogen-bond donors (Lipinski definition) is 1. The van der Waals surface area contributed by atoms with E-state index in [2.05, 4.69) is 33.7 Å². The molecule has 4 aromatic rings. The van der Waals surface area contributed by atoms with Crippen molar-refractivity contribution in [3.05, 3.63) is 65.8 Å². The van der Waals surface area contributed by atoms with E-state index in [0.717, 1.165) is 22.3 Å². The van der Waals surface area contributed by atoms with Gasteiger partial charge in [-0.1, -0.05) is 24.3 Å². The third-order valence-corrected chi connectivity index (χ3v) is 4.95. The number of aromatic nitrogens is 3. The monoisotopic (exact) mass is 362 g/mol. The lowest BCUT2D eigenvalue weighted by Gasteiger charge is -2.08. The molecule has 0 aliphatic heterocycles. The van der Waals surface area contributed by atoms with E-state index in [1.165, 1.54) is 11.3 Å². The van der Waals surface area contributed by atoms with Crippen LogP contribution in [-0.2, 0) is 0 Å². The normalized spacial score (nSPS) is 11.2. The van der Waals surface area contributed by atoms with Crippen LogP contribution in [0.15, 0.2) is 60.2 Å². The van der Waals surface area contributed by atoms with Crippen molar-refractivity contribution in [1.29, 1.82) is 0 Å². The minimum Gasteiger partial charge on any atom is -0.344 e. The molecule has 0 atom stereocenters. The Hall–Kier alpha value is -2.99. The van der Waals surface area contributed by atoms with Gasteiger partial charge in [0.05, 0.1) is 11.3 Å². The van der Waals surface area contributed by atoms with E-state index in [-0.39, 0.29) is 11.9 Å². The Morgan fingerprint density at radius 2 is 1.92 bits per heavy atom. The van der Waals surface area contributed by atoms with Crippen molar-refractivity contribution in [3.8, 4) is 11.4 Å². The molecule has 1 amide bonds. The Morgan fingerprint density at radius 1 is 1.12 bits per heavy atom. The van der Waals surface area contributed by atoms with Crippen LogP contribution in [0.2, 0.25) is 0 Å². The molecular formula is C20H18N4OS. The van der Waals surface area contributed by atoms with Crippen LogP contribution in [0.1, 0.15) is 30.2 Å². The fraction of sp³-hybridized carbons (Fsp3) is 0.150. The van der Waals surface area contributed by atoms with E-state index in [1.54, 1.807) is 6.20 Å². The molecule has 130 valence electrons. The Morgan fingerprint density at radius 3 is 2.69 bits per heavy atom. The number of amides is 1. The molecule has 0 bridgehead atoms. The summed E-state index contributed by atoms with van der Waals surface area (Å²) in [5.41, 5.74) is 3.26.